The highest BCUT2D eigenvalue weighted by Gasteiger charge is 2.48. The standard InChI is InChI=1S/C28H28BN3O5/c30-18-23-12-7-13-24(14-23)19-36-20-25-17-28(37-32-25,16-22-10-5-2-6-11-22)27(33)31-26(29(34)35)15-21-8-3-1-4-9-21/h1-14,26,34-35H,15-17,19-20H2,(H,31,33)/t26-,28?/m0/s1. The summed E-state index contributed by atoms with van der Waals surface area (Å²) in [5.74, 6) is -1.41. The molecule has 0 saturated heterocycles. The summed E-state index contributed by atoms with van der Waals surface area (Å²) < 4.78 is 5.79. The predicted molar refractivity (Wildman–Crippen MR) is 139 cm³/mol. The lowest BCUT2D eigenvalue weighted by Gasteiger charge is -2.28. The first-order valence-electron chi connectivity index (χ1n) is 12.0. The van der Waals surface area contributed by atoms with Gasteiger partial charge < -0.3 is 24.9 Å². The van der Waals surface area contributed by atoms with Gasteiger partial charge in [-0.25, -0.2) is 0 Å². The number of amides is 1. The molecule has 1 aliphatic rings. The van der Waals surface area contributed by atoms with Gasteiger partial charge >= 0.3 is 7.12 Å². The number of nitriles is 1. The van der Waals surface area contributed by atoms with Gasteiger partial charge in [-0.1, -0.05) is 78.0 Å². The van der Waals surface area contributed by atoms with Crippen LogP contribution in [0.2, 0.25) is 0 Å². The minimum atomic E-state index is -1.76. The van der Waals surface area contributed by atoms with Gasteiger partial charge in [0.05, 0.1) is 36.5 Å². The zero-order valence-electron chi connectivity index (χ0n) is 20.3. The summed E-state index contributed by atoms with van der Waals surface area (Å²) in [6, 6.07) is 28.0. The SMILES string of the molecule is N#Cc1cccc(COCC2=NOC(Cc3ccccc3)(C(=O)N[C@@H](Cc3ccccc3)B(O)O)C2)c1. The molecule has 0 radical (unpaired) electrons. The number of ether oxygens (including phenoxy) is 1. The van der Waals surface area contributed by atoms with E-state index in [9.17, 15) is 14.8 Å². The van der Waals surface area contributed by atoms with Crippen molar-refractivity contribution in [1.82, 2.24) is 5.32 Å². The van der Waals surface area contributed by atoms with E-state index in [1.54, 1.807) is 18.2 Å². The van der Waals surface area contributed by atoms with Gasteiger partial charge in [-0.2, -0.15) is 5.26 Å². The summed E-state index contributed by atoms with van der Waals surface area (Å²) in [4.78, 5) is 19.4. The third-order valence-corrected chi connectivity index (χ3v) is 6.15. The van der Waals surface area contributed by atoms with Crippen molar-refractivity contribution < 1.29 is 24.4 Å². The van der Waals surface area contributed by atoms with Crippen LogP contribution in [0.3, 0.4) is 0 Å². The average Bonchev–Trinajstić information content (AvgIpc) is 3.33. The molecule has 8 nitrogen and oxygen atoms in total. The highest BCUT2D eigenvalue weighted by molar-refractivity contribution is 6.43. The van der Waals surface area contributed by atoms with Crippen LogP contribution in [0.15, 0.2) is 90.1 Å². The quantitative estimate of drug-likeness (QED) is 0.350. The Bertz CT molecular complexity index is 1260. The van der Waals surface area contributed by atoms with Crippen molar-refractivity contribution in [2.45, 2.75) is 37.4 Å². The Morgan fingerprint density at radius 1 is 1.03 bits per heavy atom. The van der Waals surface area contributed by atoms with Crippen molar-refractivity contribution in [3.05, 3.63) is 107 Å². The van der Waals surface area contributed by atoms with Gasteiger partial charge in [0, 0.05) is 12.8 Å². The smallest absolute Gasteiger partial charge is 0.426 e. The third-order valence-electron chi connectivity index (χ3n) is 6.15. The number of nitrogens with one attached hydrogen (secondary N) is 1. The molecule has 37 heavy (non-hydrogen) atoms. The average molecular weight is 497 g/mol. The number of nitrogens with zero attached hydrogens (tertiary/aromatic N) is 2. The van der Waals surface area contributed by atoms with Crippen LogP contribution < -0.4 is 5.32 Å². The van der Waals surface area contributed by atoms with Crippen LogP contribution in [0, 0.1) is 11.3 Å². The number of rotatable bonds is 11. The molecule has 0 spiro atoms. The molecule has 3 aromatic carbocycles. The Labute approximate surface area is 216 Å². The van der Waals surface area contributed by atoms with Gasteiger partial charge in [0.15, 0.2) is 0 Å². The maximum Gasteiger partial charge on any atom is 0.475 e. The van der Waals surface area contributed by atoms with Gasteiger partial charge in [0.25, 0.3) is 5.91 Å². The van der Waals surface area contributed by atoms with E-state index in [1.165, 1.54) is 0 Å². The van der Waals surface area contributed by atoms with Gasteiger partial charge in [-0.05, 0) is 35.2 Å². The molecule has 1 heterocycles. The van der Waals surface area contributed by atoms with Crippen molar-refractivity contribution in [1.29, 1.82) is 5.26 Å². The largest absolute Gasteiger partial charge is 0.475 e. The molecule has 4 rings (SSSR count). The molecule has 188 valence electrons. The Kier molecular flexibility index (Phi) is 8.70. The lowest BCUT2D eigenvalue weighted by atomic mass is 9.75. The molecule has 0 aromatic heterocycles. The Hall–Kier alpha value is -3.97. The Morgan fingerprint density at radius 2 is 1.70 bits per heavy atom. The lowest BCUT2D eigenvalue weighted by molar-refractivity contribution is -0.144. The summed E-state index contributed by atoms with van der Waals surface area (Å²) in [6.07, 6.45) is 0.673. The van der Waals surface area contributed by atoms with Crippen LogP contribution in [0.1, 0.15) is 28.7 Å². The second-order valence-electron chi connectivity index (χ2n) is 9.07. The fraction of sp³-hybridized carbons (Fsp3) is 0.250. The van der Waals surface area contributed by atoms with E-state index in [1.807, 2.05) is 66.7 Å². The molecule has 0 saturated carbocycles. The zero-order chi connectivity index (χ0) is 26.1. The van der Waals surface area contributed by atoms with Gasteiger partial charge in [0.1, 0.15) is 0 Å². The second kappa shape index (κ2) is 12.3. The first-order valence-corrected chi connectivity index (χ1v) is 12.0. The Balaban J connectivity index is 1.45. The summed E-state index contributed by atoms with van der Waals surface area (Å²) in [6.45, 7) is 0.430. The van der Waals surface area contributed by atoms with Crippen LogP contribution in [0.25, 0.3) is 0 Å². The minimum absolute atomic E-state index is 0.149. The molecule has 0 fully saturated rings. The molecule has 9 heteroatoms. The normalized spacial score (nSPS) is 17.3. The summed E-state index contributed by atoms with van der Waals surface area (Å²) in [7, 11) is -1.76. The van der Waals surface area contributed by atoms with Crippen molar-refractivity contribution in [3.8, 4) is 6.07 Å². The number of hydrogen-bond donors (Lipinski definition) is 3. The second-order valence-corrected chi connectivity index (χ2v) is 9.07. The zero-order valence-corrected chi connectivity index (χ0v) is 20.3. The topological polar surface area (TPSA) is 124 Å². The number of oxime groups is 1. The fourth-order valence-corrected chi connectivity index (χ4v) is 4.26. The van der Waals surface area contributed by atoms with Crippen LogP contribution in [0.4, 0.5) is 0 Å². The highest BCUT2D eigenvalue weighted by atomic mass is 16.7. The van der Waals surface area contributed by atoms with E-state index >= 15 is 0 Å². The maximum atomic E-state index is 13.6. The molecule has 3 aromatic rings. The van der Waals surface area contributed by atoms with Crippen molar-refractivity contribution in [2.24, 2.45) is 5.16 Å². The van der Waals surface area contributed by atoms with Crippen LogP contribution >= 0.6 is 0 Å². The molecule has 2 atom stereocenters. The lowest BCUT2D eigenvalue weighted by Crippen LogP contribution is -2.56. The first kappa shape index (κ1) is 26.1. The molecule has 1 unspecified atom stereocenters. The van der Waals surface area contributed by atoms with Gasteiger partial charge in [-0.15, -0.1) is 0 Å². The number of carbonyl (C=O) groups is 1. The molecule has 0 aliphatic carbocycles. The van der Waals surface area contributed by atoms with E-state index in [4.69, 9.17) is 14.8 Å². The summed E-state index contributed by atoms with van der Waals surface area (Å²) >= 11 is 0. The Morgan fingerprint density at radius 3 is 2.38 bits per heavy atom. The number of hydrogen-bond acceptors (Lipinski definition) is 7. The summed E-state index contributed by atoms with van der Waals surface area (Å²) in [5.41, 5.74) is 2.35. The molecule has 0 bridgehead atoms. The van der Waals surface area contributed by atoms with E-state index < -0.39 is 24.6 Å². The monoisotopic (exact) mass is 497 g/mol. The van der Waals surface area contributed by atoms with Crippen molar-refractivity contribution >= 4 is 18.7 Å². The first-order chi connectivity index (χ1) is 18.0. The van der Waals surface area contributed by atoms with Gasteiger partial charge in [0.2, 0.25) is 5.60 Å². The van der Waals surface area contributed by atoms with Gasteiger partial charge in [-0.3, -0.25) is 4.79 Å². The molecular formula is C28H28BN3O5. The maximum absolute atomic E-state index is 13.6. The van der Waals surface area contributed by atoms with Crippen LogP contribution in [-0.2, 0) is 33.8 Å². The molecule has 3 N–H and O–H groups in total. The van der Waals surface area contributed by atoms with Crippen molar-refractivity contribution in [3.63, 3.8) is 0 Å². The van der Waals surface area contributed by atoms with E-state index in [0.29, 0.717) is 11.3 Å². The van der Waals surface area contributed by atoms with E-state index in [0.717, 1.165) is 16.7 Å². The van der Waals surface area contributed by atoms with E-state index in [-0.39, 0.29) is 32.5 Å². The van der Waals surface area contributed by atoms with Crippen LogP contribution in [0.5, 0.6) is 0 Å². The number of carbonyl (C=O) groups excluding carboxylic acids is 1. The minimum Gasteiger partial charge on any atom is -0.426 e. The summed E-state index contributed by atoms with van der Waals surface area (Å²) in [5, 5.41) is 36.0. The molecular weight excluding hydrogens is 469 g/mol. The highest BCUT2D eigenvalue weighted by Crippen LogP contribution is 2.29. The third kappa shape index (κ3) is 7.05. The molecule has 1 amide bonds. The molecule has 1 aliphatic heterocycles. The van der Waals surface area contributed by atoms with E-state index in [2.05, 4.69) is 16.5 Å². The fourth-order valence-electron chi connectivity index (χ4n) is 4.26. The van der Waals surface area contributed by atoms with Crippen LogP contribution in [-0.4, -0.2) is 46.9 Å². The predicted octanol–water partition coefficient (Wildman–Crippen LogP) is 2.57. The number of benzene rings is 3. The van der Waals surface area contributed by atoms with Crippen molar-refractivity contribution in [2.75, 3.05) is 6.61 Å².